The summed E-state index contributed by atoms with van der Waals surface area (Å²) in [6, 6.07) is 6.04. The monoisotopic (exact) mass is 205 g/mol. The van der Waals surface area contributed by atoms with Crippen LogP contribution in [0.4, 0.5) is 5.69 Å². The second-order valence-corrected chi connectivity index (χ2v) is 3.70. The fraction of sp³-hybridized carbons (Fsp3) is 0.364. The van der Waals surface area contributed by atoms with Crippen LogP contribution in [0.3, 0.4) is 0 Å². The van der Waals surface area contributed by atoms with Gasteiger partial charge in [0.05, 0.1) is 30.0 Å². The molecule has 4 nitrogen and oxygen atoms in total. The Morgan fingerprint density at radius 1 is 1.53 bits per heavy atom. The normalized spacial score (nSPS) is 13.2. The zero-order chi connectivity index (χ0) is 10.8. The first-order valence-corrected chi connectivity index (χ1v) is 4.93. The quantitative estimate of drug-likeness (QED) is 0.778. The van der Waals surface area contributed by atoms with E-state index in [0.717, 1.165) is 16.7 Å². The lowest BCUT2D eigenvalue weighted by molar-refractivity contribution is 0.163. The molecule has 4 heteroatoms. The van der Waals surface area contributed by atoms with Gasteiger partial charge >= 0.3 is 0 Å². The summed E-state index contributed by atoms with van der Waals surface area (Å²) in [5.74, 6) is 0. The molecule has 15 heavy (non-hydrogen) atoms. The van der Waals surface area contributed by atoms with E-state index in [1.807, 2.05) is 24.5 Å². The summed E-state index contributed by atoms with van der Waals surface area (Å²) < 4.78 is 7.22. The van der Waals surface area contributed by atoms with Crippen molar-refractivity contribution in [2.45, 2.75) is 13.0 Å². The predicted octanol–water partition coefficient (Wildman–Crippen LogP) is 1.83. The van der Waals surface area contributed by atoms with Crippen molar-refractivity contribution in [3.8, 4) is 0 Å². The maximum atomic E-state index is 5.69. The Labute approximate surface area is 88.7 Å². The molecule has 0 aliphatic carbocycles. The second kappa shape index (κ2) is 3.90. The molecule has 1 unspecified atom stereocenters. The molecule has 0 spiro atoms. The van der Waals surface area contributed by atoms with E-state index in [1.165, 1.54) is 0 Å². The Hall–Kier alpha value is -1.55. The van der Waals surface area contributed by atoms with Crippen molar-refractivity contribution in [3.05, 3.63) is 24.5 Å². The average Bonchev–Trinajstić information content (AvgIpc) is 2.60. The molecule has 0 aliphatic rings. The molecule has 0 fully saturated rings. The van der Waals surface area contributed by atoms with E-state index in [0.29, 0.717) is 6.61 Å². The first-order chi connectivity index (χ1) is 7.22. The van der Waals surface area contributed by atoms with E-state index in [4.69, 9.17) is 10.5 Å². The van der Waals surface area contributed by atoms with Gasteiger partial charge in [0.15, 0.2) is 0 Å². The van der Waals surface area contributed by atoms with Gasteiger partial charge in [0.1, 0.15) is 0 Å². The van der Waals surface area contributed by atoms with Crippen molar-refractivity contribution in [3.63, 3.8) is 0 Å². The summed E-state index contributed by atoms with van der Waals surface area (Å²) in [5.41, 5.74) is 8.46. The number of nitrogens with zero attached hydrogens (tertiary/aromatic N) is 2. The number of nitrogens with two attached hydrogens (primary N) is 1. The second-order valence-electron chi connectivity index (χ2n) is 3.70. The average molecular weight is 205 g/mol. The van der Waals surface area contributed by atoms with Crippen LogP contribution in [-0.2, 0) is 4.74 Å². The smallest absolute Gasteiger partial charge is 0.0961 e. The van der Waals surface area contributed by atoms with Crippen LogP contribution in [0.5, 0.6) is 0 Å². The first kappa shape index (κ1) is 9.98. The van der Waals surface area contributed by atoms with Crippen molar-refractivity contribution >= 4 is 16.7 Å². The van der Waals surface area contributed by atoms with E-state index >= 15 is 0 Å². The molecule has 1 aromatic carbocycles. The summed E-state index contributed by atoms with van der Waals surface area (Å²) >= 11 is 0. The molecule has 0 aliphatic heterocycles. The number of aromatic nitrogens is 2. The van der Waals surface area contributed by atoms with Gasteiger partial charge in [-0.15, -0.1) is 0 Å². The lowest BCUT2D eigenvalue weighted by Crippen LogP contribution is -2.09. The van der Waals surface area contributed by atoms with Crippen LogP contribution < -0.4 is 5.73 Å². The van der Waals surface area contributed by atoms with Gasteiger partial charge in [-0.05, 0) is 25.1 Å². The van der Waals surface area contributed by atoms with Gasteiger partial charge in [-0.2, -0.15) is 0 Å². The number of ether oxygens (including phenoxy) is 1. The zero-order valence-electron chi connectivity index (χ0n) is 8.97. The summed E-state index contributed by atoms with van der Waals surface area (Å²) in [6.45, 7) is 2.77. The number of anilines is 1. The fourth-order valence-corrected chi connectivity index (χ4v) is 1.72. The number of rotatable bonds is 3. The Balaban J connectivity index is 2.44. The van der Waals surface area contributed by atoms with Crippen LogP contribution in [0, 0.1) is 0 Å². The van der Waals surface area contributed by atoms with E-state index in [9.17, 15) is 0 Å². The summed E-state index contributed by atoms with van der Waals surface area (Å²) in [6.07, 6.45) is 1.83. The molecule has 80 valence electrons. The van der Waals surface area contributed by atoms with E-state index < -0.39 is 0 Å². The first-order valence-electron chi connectivity index (χ1n) is 4.93. The molecule has 0 amide bonds. The third kappa shape index (κ3) is 1.80. The topological polar surface area (TPSA) is 53.1 Å². The third-order valence-corrected chi connectivity index (χ3v) is 2.48. The number of methoxy groups -OCH3 is 1. The van der Waals surface area contributed by atoms with Crippen molar-refractivity contribution in [1.29, 1.82) is 0 Å². The van der Waals surface area contributed by atoms with E-state index in [1.54, 1.807) is 7.11 Å². The van der Waals surface area contributed by atoms with Gasteiger partial charge in [0.2, 0.25) is 0 Å². The standard InChI is InChI=1S/C11H15N3O/c1-8(6-15-2)14-7-13-10-5-9(12)3-4-11(10)14/h3-5,7-8H,6,12H2,1-2H3. The molecule has 2 rings (SSSR count). The number of hydrogen-bond acceptors (Lipinski definition) is 3. The van der Waals surface area contributed by atoms with Crippen LogP contribution in [0.15, 0.2) is 24.5 Å². The highest BCUT2D eigenvalue weighted by molar-refractivity contribution is 5.79. The van der Waals surface area contributed by atoms with E-state index in [2.05, 4.69) is 16.5 Å². The number of imidazole rings is 1. The largest absolute Gasteiger partial charge is 0.399 e. The Bertz CT molecular complexity index is 464. The Morgan fingerprint density at radius 2 is 2.33 bits per heavy atom. The lowest BCUT2D eigenvalue weighted by Gasteiger charge is -2.12. The highest BCUT2D eigenvalue weighted by Gasteiger charge is 2.08. The molecule has 2 aromatic rings. The van der Waals surface area contributed by atoms with Gasteiger partial charge in [0.25, 0.3) is 0 Å². The van der Waals surface area contributed by atoms with Crippen LogP contribution in [0.25, 0.3) is 11.0 Å². The van der Waals surface area contributed by atoms with Crippen LogP contribution in [0.1, 0.15) is 13.0 Å². The highest BCUT2D eigenvalue weighted by atomic mass is 16.5. The van der Waals surface area contributed by atoms with Gasteiger partial charge in [-0.25, -0.2) is 4.98 Å². The van der Waals surface area contributed by atoms with Gasteiger partial charge < -0.3 is 15.0 Å². The SMILES string of the molecule is COCC(C)n1cnc2cc(N)ccc21. The van der Waals surface area contributed by atoms with Crippen LogP contribution >= 0.6 is 0 Å². The van der Waals surface area contributed by atoms with Crippen molar-refractivity contribution in [2.24, 2.45) is 0 Å². The molecule has 0 saturated heterocycles. The van der Waals surface area contributed by atoms with Gasteiger partial charge in [-0.3, -0.25) is 0 Å². The highest BCUT2D eigenvalue weighted by Crippen LogP contribution is 2.19. The molecular weight excluding hydrogens is 190 g/mol. The van der Waals surface area contributed by atoms with Crippen LogP contribution in [-0.4, -0.2) is 23.3 Å². The Morgan fingerprint density at radius 3 is 3.07 bits per heavy atom. The maximum Gasteiger partial charge on any atom is 0.0961 e. The zero-order valence-corrected chi connectivity index (χ0v) is 8.97. The van der Waals surface area contributed by atoms with Crippen molar-refractivity contribution in [2.75, 3.05) is 19.5 Å². The van der Waals surface area contributed by atoms with Gasteiger partial charge in [0, 0.05) is 12.8 Å². The lowest BCUT2D eigenvalue weighted by atomic mass is 10.2. The minimum absolute atomic E-state index is 0.281. The minimum Gasteiger partial charge on any atom is -0.399 e. The summed E-state index contributed by atoms with van der Waals surface area (Å²) in [4.78, 5) is 4.31. The molecule has 1 atom stereocenters. The number of benzene rings is 1. The maximum absolute atomic E-state index is 5.69. The minimum atomic E-state index is 0.281. The van der Waals surface area contributed by atoms with Crippen molar-refractivity contribution < 1.29 is 4.74 Å². The molecule has 0 saturated carbocycles. The molecule has 0 radical (unpaired) electrons. The fourth-order valence-electron chi connectivity index (χ4n) is 1.72. The summed E-state index contributed by atoms with van der Waals surface area (Å²) in [5, 5.41) is 0. The van der Waals surface area contributed by atoms with E-state index in [-0.39, 0.29) is 6.04 Å². The Kier molecular flexibility index (Phi) is 2.60. The molecule has 1 heterocycles. The molecule has 2 N–H and O–H groups in total. The predicted molar refractivity (Wildman–Crippen MR) is 60.7 cm³/mol. The molecule has 1 aromatic heterocycles. The van der Waals surface area contributed by atoms with Crippen molar-refractivity contribution in [1.82, 2.24) is 9.55 Å². The van der Waals surface area contributed by atoms with Crippen LogP contribution in [0.2, 0.25) is 0 Å². The molecular formula is C11H15N3O. The third-order valence-electron chi connectivity index (χ3n) is 2.48. The summed E-state index contributed by atoms with van der Waals surface area (Å²) in [7, 11) is 1.70. The number of fused-ring (bicyclic) bond motifs is 1. The van der Waals surface area contributed by atoms with Gasteiger partial charge in [-0.1, -0.05) is 0 Å². The number of nitrogen functional groups attached to an aromatic ring is 1. The number of hydrogen-bond donors (Lipinski definition) is 1. The molecule has 0 bridgehead atoms.